The molecule has 1 aromatic carbocycles. The monoisotopic (exact) mass is 318 g/mol. The quantitative estimate of drug-likeness (QED) is 0.756. The van der Waals surface area contributed by atoms with Gasteiger partial charge in [-0.1, -0.05) is 23.2 Å². The van der Waals surface area contributed by atoms with E-state index in [1.54, 1.807) is 25.1 Å². The Morgan fingerprint density at radius 2 is 2.05 bits per heavy atom. The molecular weight excluding hydrogens is 303 g/mol. The van der Waals surface area contributed by atoms with Crippen LogP contribution in [0.15, 0.2) is 18.2 Å². The highest BCUT2D eigenvalue weighted by atomic mass is 35.5. The van der Waals surface area contributed by atoms with Crippen molar-refractivity contribution in [2.24, 2.45) is 5.73 Å². The van der Waals surface area contributed by atoms with Crippen LogP contribution in [0, 0.1) is 0 Å². The second kappa shape index (κ2) is 7.97. The third-order valence-electron chi connectivity index (χ3n) is 2.47. The fraction of sp³-hybridized carbons (Fsp3) is 0.385. The highest BCUT2D eigenvalue weighted by molar-refractivity contribution is 6.42. The molecule has 0 aromatic heterocycles. The standard InChI is InChI=1S/C13H16Cl2N2O3/c1-8(13(19)17-6-2-3-12(16)18)20-9-4-5-10(14)11(15)7-9/h4-5,7-8H,2-3,6H2,1H3,(H2,16,18)(H,17,19)/t8-/m0/s1. The number of amides is 2. The number of nitrogens with two attached hydrogens (primary N) is 1. The molecule has 2 amide bonds. The average molecular weight is 319 g/mol. The van der Waals surface area contributed by atoms with E-state index in [1.165, 1.54) is 0 Å². The molecule has 0 unspecified atom stereocenters. The van der Waals surface area contributed by atoms with Crippen molar-refractivity contribution in [3.05, 3.63) is 28.2 Å². The molecule has 5 nitrogen and oxygen atoms in total. The van der Waals surface area contributed by atoms with Crippen LogP contribution in [0.1, 0.15) is 19.8 Å². The third kappa shape index (κ3) is 5.67. The van der Waals surface area contributed by atoms with Gasteiger partial charge >= 0.3 is 0 Å². The topological polar surface area (TPSA) is 81.4 Å². The third-order valence-corrected chi connectivity index (χ3v) is 3.21. The van der Waals surface area contributed by atoms with Crippen molar-refractivity contribution in [3.8, 4) is 5.75 Å². The van der Waals surface area contributed by atoms with E-state index >= 15 is 0 Å². The van der Waals surface area contributed by atoms with Gasteiger partial charge in [-0.05, 0) is 25.5 Å². The van der Waals surface area contributed by atoms with E-state index in [9.17, 15) is 9.59 Å². The van der Waals surface area contributed by atoms with Crippen LogP contribution < -0.4 is 15.8 Å². The Morgan fingerprint density at radius 3 is 2.65 bits per heavy atom. The molecule has 0 aliphatic carbocycles. The van der Waals surface area contributed by atoms with Gasteiger partial charge in [0.1, 0.15) is 5.75 Å². The molecule has 0 heterocycles. The molecule has 3 N–H and O–H groups in total. The van der Waals surface area contributed by atoms with Gasteiger partial charge in [-0.15, -0.1) is 0 Å². The molecule has 0 saturated heterocycles. The first-order valence-electron chi connectivity index (χ1n) is 6.08. The lowest BCUT2D eigenvalue weighted by atomic mass is 10.3. The average Bonchev–Trinajstić information content (AvgIpc) is 2.38. The SMILES string of the molecule is C[C@H](Oc1ccc(Cl)c(Cl)c1)C(=O)NCCCC(N)=O. The van der Waals surface area contributed by atoms with Gasteiger partial charge in [0.2, 0.25) is 5.91 Å². The van der Waals surface area contributed by atoms with E-state index in [1.807, 2.05) is 0 Å². The van der Waals surface area contributed by atoms with E-state index in [0.29, 0.717) is 28.8 Å². The summed E-state index contributed by atoms with van der Waals surface area (Å²) in [6.07, 6.45) is 0.0592. The van der Waals surface area contributed by atoms with Crippen molar-refractivity contribution in [1.82, 2.24) is 5.32 Å². The van der Waals surface area contributed by atoms with Crippen LogP contribution in [0.2, 0.25) is 10.0 Å². The van der Waals surface area contributed by atoms with E-state index in [-0.39, 0.29) is 18.2 Å². The number of carbonyl (C=O) groups is 2. The summed E-state index contributed by atoms with van der Waals surface area (Å²) in [7, 11) is 0. The Labute approximate surface area is 127 Å². The lowest BCUT2D eigenvalue weighted by molar-refractivity contribution is -0.127. The molecular formula is C13H16Cl2N2O3. The van der Waals surface area contributed by atoms with Crippen LogP contribution in [0.5, 0.6) is 5.75 Å². The van der Waals surface area contributed by atoms with E-state index < -0.39 is 6.10 Å². The van der Waals surface area contributed by atoms with Crippen molar-refractivity contribution in [3.63, 3.8) is 0 Å². The maximum absolute atomic E-state index is 11.7. The maximum atomic E-state index is 11.7. The van der Waals surface area contributed by atoms with Crippen LogP contribution in [0.25, 0.3) is 0 Å². The summed E-state index contributed by atoms with van der Waals surface area (Å²) in [6.45, 7) is 1.99. The summed E-state index contributed by atoms with van der Waals surface area (Å²) >= 11 is 11.6. The minimum atomic E-state index is -0.680. The number of halogens is 2. The predicted molar refractivity (Wildman–Crippen MR) is 78.0 cm³/mol. The van der Waals surface area contributed by atoms with Gasteiger partial charge in [0, 0.05) is 19.0 Å². The second-order valence-electron chi connectivity index (χ2n) is 4.20. The molecule has 0 aliphatic rings. The second-order valence-corrected chi connectivity index (χ2v) is 5.01. The van der Waals surface area contributed by atoms with Gasteiger partial charge in [-0.2, -0.15) is 0 Å². The molecule has 0 fully saturated rings. The number of carbonyl (C=O) groups excluding carboxylic acids is 2. The number of benzene rings is 1. The van der Waals surface area contributed by atoms with Crippen molar-refractivity contribution in [1.29, 1.82) is 0 Å². The number of ether oxygens (including phenoxy) is 1. The van der Waals surface area contributed by atoms with Crippen molar-refractivity contribution in [2.45, 2.75) is 25.9 Å². The van der Waals surface area contributed by atoms with Gasteiger partial charge in [0.15, 0.2) is 6.10 Å². The molecule has 0 aliphatic heterocycles. The molecule has 0 radical (unpaired) electrons. The van der Waals surface area contributed by atoms with Crippen LogP contribution in [0.3, 0.4) is 0 Å². The first kappa shape index (κ1) is 16.6. The van der Waals surface area contributed by atoms with Gasteiger partial charge in [-0.25, -0.2) is 0 Å². The zero-order valence-corrected chi connectivity index (χ0v) is 12.5. The first-order chi connectivity index (χ1) is 9.40. The number of primary amides is 1. The largest absolute Gasteiger partial charge is 0.481 e. The van der Waals surface area contributed by atoms with Gasteiger partial charge < -0.3 is 15.8 Å². The van der Waals surface area contributed by atoms with Crippen molar-refractivity contribution in [2.75, 3.05) is 6.54 Å². The molecule has 7 heteroatoms. The number of nitrogens with one attached hydrogen (secondary N) is 1. The van der Waals surface area contributed by atoms with E-state index in [0.717, 1.165) is 0 Å². The van der Waals surface area contributed by atoms with Crippen LogP contribution in [-0.2, 0) is 9.59 Å². The fourth-order valence-corrected chi connectivity index (χ4v) is 1.71. The Hall–Kier alpha value is -1.46. The summed E-state index contributed by atoms with van der Waals surface area (Å²) in [5.41, 5.74) is 5.00. The molecule has 0 saturated carbocycles. The van der Waals surface area contributed by atoms with E-state index in [4.69, 9.17) is 33.7 Å². The first-order valence-corrected chi connectivity index (χ1v) is 6.83. The molecule has 0 spiro atoms. The van der Waals surface area contributed by atoms with Crippen molar-refractivity contribution < 1.29 is 14.3 Å². The molecule has 20 heavy (non-hydrogen) atoms. The summed E-state index contributed by atoms with van der Waals surface area (Å²) in [5, 5.41) is 3.43. The summed E-state index contributed by atoms with van der Waals surface area (Å²) in [5.74, 6) is -0.209. The minimum absolute atomic E-state index is 0.238. The highest BCUT2D eigenvalue weighted by Gasteiger charge is 2.14. The number of hydrogen-bond donors (Lipinski definition) is 2. The molecule has 0 bridgehead atoms. The minimum Gasteiger partial charge on any atom is -0.481 e. The zero-order chi connectivity index (χ0) is 15.1. The van der Waals surface area contributed by atoms with Crippen LogP contribution in [-0.4, -0.2) is 24.5 Å². The number of rotatable bonds is 7. The van der Waals surface area contributed by atoms with Gasteiger partial charge in [0.05, 0.1) is 10.0 Å². The fourth-order valence-electron chi connectivity index (χ4n) is 1.43. The van der Waals surface area contributed by atoms with Crippen LogP contribution in [0.4, 0.5) is 0 Å². The maximum Gasteiger partial charge on any atom is 0.260 e. The molecule has 1 rings (SSSR count). The highest BCUT2D eigenvalue weighted by Crippen LogP contribution is 2.26. The lowest BCUT2D eigenvalue weighted by Gasteiger charge is -2.15. The number of hydrogen-bond acceptors (Lipinski definition) is 3. The van der Waals surface area contributed by atoms with Gasteiger partial charge in [0.25, 0.3) is 5.91 Å². The lowest BCUT2D eigenvalue weighted by Crippen LogP contribution is -2.37. The molecule has 1 aromatic rings. The summed E-state index contributed by atoms with van der Waals surface area (Å²) in [6, 6.07) is 4.77. The molecule has 110 valence electrons. The Morgan fingerprint density at radius 1 is 1.35 bits per heavy atom. The van der Waals surface area contributed by atoms with Crippen molar-refractivity contribution >= 4 is 35.0 Å². The van der Waals surface area contributed by atoms with E-state index in [2.05, 4.69) is 5.32 Å². The summed E-state index contributed by atoms with van der Waals surface area (Å²) < 4.78 is 5.44. The Bertz CT molecular complexity index is 495. The summed E-state index contributed by atoms with van der Waals surface area (Å²) in [4.78, 5) is 22.3. The van der Waals surface area contributed by atoms with Gasteiger partial charge in [-0.3, -0.25) is 9.59 Å². The predicted octanol–water partition coefficient (Wildman–Crippen LogP) is 2.14. The Kier molecular flexibility index (Phi) is 6.61. The normalized spacial score (nSPS) is 11.8. The smallest absolute Gasteiger partial charge is 0.260 e. The van der Waals surface area contributed by atoms with Crippen LogP contribution >= 0.6 is 23.2 Å². The molecule has 1 atom stereocenters. The zero-order valence-electron chi connectivity index (χ0n) is 11.0. The Balaban J connectivity index is 2.41.